The van der Waals surface area contributed by atoms with E-state index in [1.165, 1.54) is 17.2 Å². The maximum atomic E-state index is 15.4. The Hall–Kier alpha value is -3.42. The van der Waals surface area contributed by atoms with E-state index in [9.17, 15) is 4.79 Å². The van der Waals surface area contributed by atoms with Crippen molar-refractivity contribution in [3.63, 3.8) is 0 Å². The third-order valence-corrected chi connectivity index (χ3v) is 8.83. The maximum absolute atomic E-state index is 15.4. The van der Waals surface area contributed by atoms with Gasteiger partial charge in [-0.1, -0.05) is 37.3 Å². The number of benzene rings is 3. The van der Waals surface area contributed by atoms with Gasteiger partial charge in [-0.2, -0.15) is 0 Å². The number of anilines is 2. The standard InChI is InChI=1S/C33H38FN3O3/c1-3-23-7-9-24(10-8-23)19-35-20-28-29(21-35)30(28)22-37(33(38)25-5-4-6-27(17-25)39-2)26-11-12-32(31(34)18-26)36-13-15-40-16-14-36/h4-12,17-18,28-30H,3,13-16,19-22H2,1-2H3. The smallest absolute Gasteiger partial charge is 0.258 e. The van der Waals surface area contributed by atoms with E-state index in [4.69, 9.17) is 9.47 Å². The van der Waals surface area contributed by atoms with Crippen LogP contribution in [-0.2, 0) is 17.7 Å². The molecule has 3 aromatic carbocycles. The number of methoxy groups -OCH3 is 1. The van der Waals surface area contributed by atoms with Gasteiger partial charge in [-0.25, -0.2) is 4.39 Å². The van der Waals surface area contributed by atoms with Crippen molar-refractivity contribution in [2.45, 2.75) is 19.9 Å². The van der Waals surface area contributed by atoms with Crippen LogP contribution in [0.1, 0.15) is 28.4 Å². The van der Waals surface area contributed by atoms with Crippen molar-refractivity contribution in [3.05, 3.63) is 89.2 Å². The molecule has 1 aliphatic carbocycles. The second-order valence-electron chi connectivity index (χ2n) is 11.2. The number of carbonyl (C=O) groups excluding carboxylic acids is 1. The largest absolute Gasteiger partial charge is 0.497 e. The van der Waals surface area contributed by atoms with E-state index in [1.807, 2.05) is 23.1 Å². The topological polar surface area (TPSA) is 45.2 Å². The number of halogens is 1. The minimum Gasteiger partial charge on any atom is -0.497 e. The highest BCUT2D eigenvalue weighted by Gasteiger charge is 2.56. The molecule has 3 aliphatic rings. The van der Waals surface area contributed by atoms with Crippen LogP contribution in [0.4, 0.5) is 15.8 Å². The van der Waals surface area contributed by atoms with Crippen LogP contribution in [0.5, 0.6) is 5.75 Å². The Morgan fingerprint density at radius 3 is 2.40 bits per heavy atom. The van der Waals surface area contributed by atoms with Gasteiger partial charge in [0.25, 0.3) is 5.91 Å². The highest BCUT2D eigenvalue weighted by molar-refractivity contribution is 6.06. The van der Waals surface area contributed by atoms with Gasteiger partial charge in [-0.15, -0.1) is 0 Å². The molecule has 0 radical (unpaired) electrons. The third-order valence-electron chi connectivity index (χ3n) is 8.83. The van der Waals surface area contributed by atoms with Gasteiger partial charge in [0.15, 0.2) is 0 Å². The monoisotopic (exact) mass is 543 g/mol. The molecule has 7 heteroatoms. The van der Waals surface area contributed by atoms with E-state index in [-0.39, 0.29) is 11.7 Å². The number of carbonyl (C=O) groups is 1. The zero-order valence-corrected chi connectivity index (χ0v) is 23.4. The predicted octanol–water partition coefficient (Wildman–Crippen LogP) is 5.26. The van der Waals surface area contributed by atoms with E-state index in [2.05, 4.69) is 36.1 Å². The highest BCUT2D eigenvalue weighted by atomic mass is 19.1. The molecule has 0 N–H and O–H groups in total. The van der Waals surface area contributed by atoms with Crippen LogP contribution >= 0.6 is 0 Å². The Bertz CT molecular complexity index is 1330. The fraction of sp³-hybridized carbons (Fsp3) is 0.424. The van der Waals surface area contributed by atoms with Crippen LogP contribution in [0.3, 0.4) is 0 Å². The van der Waals surface area contributed by atoms with Crippen LogP contribution in [0.15, 0.2) is 66.7 Å². The van der Waals surface area contributed by atoms with Gasteiger partial charge in [-0.3, -0.25) is 9.69 Å². The zero-order valence-electron chi connectivity index (χ0n) is 23.4. The zero-order chi connectivity index (χ0) is 27.6. The van der Waals surface area contributed by atoms with E-state index in [1.54, 1.807) is 30.2 Å². The van der Waals surface area contributed by atoms with Crippen molar-refractivity contribution in [2.24, 2.45) is 17.8 Å². The Balaban J connectivity index is 1.18. The number of nitrogens with zero attached hydrogens (tertiary/aromatic N) is 3. The summed E-state index contributed by atoms with van der Waals surface area (Å²) in [5.74, 6) is 1.73. The van der Waals surface area contributed by atoms with Gasteiger partial charge < -0.3 is 19.3 Å². The third kappa shape index (κ3) is 5.58. The molecule has 0 bridgehead atoms. The molecule has 40 heavy (non-hydrogen) atoms. The van der Waals surface area contributed by atoms with Crippen molar-refractivity contribution in [1.82, 2.24) is 4.90 Å². The molecular formula is C33H38FN3O3. The van der Waals surface area contributed by atoms with E-state index in [0.29, 0.717) is 73.3 Å². The molecule has 3 fully saturated rings. The van der Waals surface area contributed by atoms with Crippen LogP contribution < -0.4 is 14.5 Å². The molecule has 3 aromatic rings. The van der Waals surface area contributed by atoms with Crippen molar-refractivity contribution in [3.8, 4) is 5.75 Å². The molecule has 6 nitrogen and oxygen atoms in total. The lowest BCUT2D eigenvalue weighted by molar-refractivity contribution is 0.0983. The fourth-order valence-corrected chi connectivity index (χ4v) is 6.43. The summed E-state index contributed by atoms with van der Waals surface area (Å²) in [5, 5.41) is 0. The summed E-state index contributed by atoms with van der Waals surface area (Å²) >= 11 is 0. The summed E-state index contributed by atoms with van der Waals surface area (Å²) in [4.78, 5) is 20.2. The minimum absolute atomic E-state index is 0.129. The molecule has 1 saturated carbocycles. The molecule has 2 saturated heterocycles. The summed E-state index contributed by atoms with van der Waals surface area (Å²) in [7, 11) is 1.59. The van der Waals surface area contributed by atoms with Crippen molar-refractivity contribution >= 4 is 17.3 Å². The average molecular weight is 544 g/mol. The van der Waals surface area contributed by atoms with Gasteiger partial charge in [0.2, 0.25) is 0 Å². The summed E-state index contributed by atoms with van der Waals surface area (Å²) in [6.07, 6.45) is 1.06. The first-order chi connectivity index (χ1) is 19.5. The number of hydrogen-bond acceptors (Lipinski definition) is 5. The molecule has 6 rings (SSSR count). The lowest BCUT2D eigenvalue weighted by Crippen LogP contribution is -2.37. The van der Waals surface area contributed by atoms with Gasteiger partial charge >= 0.3 is 0 Å². The predicted molar refractivity (Wildman–Crippen MR) is 156 cm³/mol. The second-order valence-corrected chi connectivity index (χ2v) is 11.2. The number of amides is 1. The molecule has 2 heterocycles. The summed E-state index contributed by atoms with van der Waals surface area (Å²) in [5.41, 5.74) is 4.41. The summed E-state index contributed by atoms with van der Waals surface area (Å²) in [6, 6.07) is 21.3. The number of rotatable bonds is 9. The molecular weight excluding hydrogens is 505 g/mol. The van der Waals surface area contributed by atoms with Crippen molar-refractivity contribution in [1.29, 1.82) is 0 Å². The second kappa shape index (κ2) is 11.6. The molecule has 1 amide bonds. The molecule has 2 atom stereocenters. The maximum Gasteiger partial charge on any atom is 0.258 e. The van der Waals surface area contributed by atoms with Crippen LogP contribution in [0.2, 0.25) is 0 Å². The Kier molecular flexibility index (Phi) is 7.76. The van der Waals surface area contributed by atoms with Gasteiger partial charge in [0.05, 0.1) is 26.0 Å². The fourth-order valence-electron chi connectivity index (χ4n) is 6.43. The Morgan fingerprint density at radius 1 is 1.00 bits per heavy atom. The number of fused-ring (bicyclic) bond motifs is 1. The molecule has 2 aliphatic heterocycles. The van der Waals surface area contributed by atoms with Gasteiger partial charge in [0, 0.05) is 50.5 Å². The van der Waals surface area contributed by atoms with Crippen LogP contribution in [0.25, 0.3) is 0 Å². The number of aryl methyl sites for hydroxylation is 1. The first-order valence-corrected chi connectivity index (χ1v) is 14.4. The molecule has 210 valence electrons. The number of piperidine rings is 1. The van der Waals surface area contributed by atoms with E-state index < -0.39 is 0 Å². The minimum atomic E-state index is -0.306. The van der Waals surface area contributed by atoms with Crippen molar-refractivity contribution < 1.29 is 18.7 Å². The number of ether oxygens (including phenoxy) is 2. The first-order valence-electron chi connectivity index (χ1n) is 14.4. The quantitative estimate of drug-likeness (QED) is 0.369. The van der Waals surface area contributed by atoms with Crippen LogP contribution in [0, 0.1) is 23.6 Å². The highest BCUT2D eigenvalue weighted by Crippen LogP contribution is 2.52. The van der Waals surface area contributed by atoms with Gasteiger partial charge in [-0.05, 0) is 71.7 Å². The van der Waals surface area contributed by atoms with E-state index >= 15 is 4.39 Å². The Labute approximate surface area is 236 Å². The number of hydrogen-bond donors (Lipinski definition) is 0. The van der Waals surface area contributed by atoms with E-state index in [0.717, 1.165) is 26.1 Å². The van der Waals surface area contributed by atoms with Crippen LogP contribution in [-0.4, -0.2) is 63.9 Å². The average Bonchev–Trinajstić information content (AvgIpc) is 3.44. The lowest BCUT2D eigenvalue weighted by Gasteiger charge is -2.30. The molecule has 2 unspecified atom stereocenters. The number of likely N-dealkylation sites (tertiary alicyclic amines) is 1. The van der Waals surface area contributed by atoms with Crippen molar-refractivity contribution in [2.75, 3.05) is 62.8 Å². The summed E-state index contributed by atoms with van der Waals surface area (Å²) < 4.78 is 26.2. The normalized spacial score (nSPS) is 22.2. The van der Waals surface area contributed by atoms with Gasteiger partial charge in [0.1, 0.15) is 11.6 Å². The first kappa shape index (κ1) is 26.8. The number of morpholine rings is 1. The molecule has 0 spiro atoms. The summed E-state index contributed by atoms with van der Waals surface area (Å²) in [6.45, 7) is 8.30. The molecule has 0 aromatic heterocycles. The Morgan fingerprint density at radius 2 is 1.73 bits per heavy atom. The SMILES string of the molecule is CCc1ccc(CN2CC3C(C2)C3CN(C(=O)c2cccc(OC)c2)c2ccc(N3CCOCC3)c(F)c2)cc1. The lowest BCUT2D eigenvalue weighted by atomic mass is 10.1.